The molecule has 0 aromatic heterocycles. The zero-order valence-electron chi connectivity index (χ0n) is 16.2. The molecule has 3 N–H and O–H groups in total. The number of nitrogens with two attached hydrogens (primary N) is 1. The highest BCUT2D eigenvalue weighted by Gasteiger charge is 2.33. The Morgan fingerprint density at radius 3 is 2.03 bits per heavy atom. The van der Waals surface area contributed by atoms with Gasteiger partial charge in [0.25, 0.3) is 0 Å². The van der Waals surface area contributed by atoms with Gasteiger partial charge in [0.15, 0.2) is 11.6 Å². The van der Waals surface area contributed by atoms with Gasteiger partial charge in [-0.2, -0.15) is 0 Å². The number of benzene rings is 3. The van der Waals surface area contributed by atoms with Crippen molar-refractivity contribution in [3.63, 3.8) is 0 Å². The zero-order chi connectivity index (χ0) is 19.8. The van der Waals surface area contributed by atoms with E-state index in [1.165, 1.54) is 0 Å². The number of anilines is 3. The topological polar surface area (TPSA) is 75.4 Å². The first kappa shape index (κ1) is 20.6. The SMILES string of the molecule is CN(C)Cc1ccccc1Nc1ccc(N)c2c1C(=O)c1ccccc1C2=O.Cl. The molecule has 0 fully saturated rings. The second kappa shape index (κ2) is 8.07. The fraction of sp³-hybridized carbons (Fsp3) is 0.130. The van der Waals surface area contributed by atoms with Gasteiger partial charge in [0.2, 0.25) is 0 Å². The number of rotatable bonds is 4. The number of ketones is 2. The lowest BCUT2D eigenvalue weighted by Crippen LogP contribution is -2.23. The number of nitrogens with zero attached hydrogens (tertiary/aromatic N) is 1. The molecule has 3 aromatic rings. The maximum Gasteiger partial charge on any atom is 0.196 e. The summed E-state index contributed by atoms with van der Waals surface area (Å²) >= 11 is 0. The fourth-order valence-electron chi connectivity index (χ4n) is 3.62. The molecule has 0 spiro atoms. The third kappa shape index (κ3) is 3.62. The molecule has 0 radical (unpaired) electrons. The monoisotopic (exact) mass is 407 g/mol. The fourth-order valence-corrected chi connectivity index (χ4v) is 3.62. The molecule has 0 bridgehead atoms. The largest absolute Gasteiger partial charge is 0.398 e. The van der Waals surface area contributed by atoms with Crippen LogP contribution in [-0.2, 0) is 6.54 Å². The average Bonchev–Trinajstić information content (AvgIpc) is 2.68. The molecule has 1 aliphatic carbocycles. The summed E-state index contributed by atoms with van der Waals surface area (Å²) in [7, 11) is 4.00. The highest BCUT2D eigenvalue weighted by Crippen LogP contribution is 2.36. The molecule has 1 aliphatic rings. The van der Waals surface area contributed by atoms with Crippen LogP contribution in [0.1, 0.15) is 37.4 Å². The lowest BCUT2D eigenvalue weighted by atomic mass is 9.82. The number of hydrogen-bond acceptors (Lipinski definition) is 5. The van der Waals surface area contributed by atoms with Crippen LogP contribution >= 0.6 is 12.4 Å². The number of nitrogen functional groups attached to an aromatic ring is 1. The molecule has 0 unspecified atom stereocenters. The van der Waals surface area contributed by atoms with Crippen molar-refractivity contribution in [2.75, 3.05) is 25.1 Å². The number of nitrogens with one attached hydrogen (secondary N) is 1. The number of carbonyl (C=O) groups is 2. The maximum absolute atomic E-state index is 13.2. The summed E-state index contributed by atoms with van der Waals surface area (Å²) in [5.74, 6) is -0.405. The van der Waals surface area contributed by atoms with Crippen LogP contribution in [0.25, 0.3) is 0 Å². The summed E-state index contributed by atoms with van der Waals surface area (Å²) in [5.41, 5.74) is 10.4. The van der Waals surface area contributed by atoms with Crippen molar-refractivity contribution in [3.05, 3.63) is 88.5 Å². The van der Waals surface area contributed by atoms with Crippen molar-refractivity contribution < 1.29 is 9.59 Å². The molecule has 5 nitrogen and oxygen atoms in total. The molecule has 0 aliphatic heterocycles. The van der Waals surface area contributed by atoms with Crippen LogP contribution in [0.4, 0.5) is 17.1 Å². The van der Waals surface area contributed by atoms with E-state index in [-0.39, 0.29) is 29.5 Å². The minimum Gasteiger partial charge on any atom is -0.398 e. The van der Waals surface area contributed by atoms with Crippen molar-refractivity contribution in [2.24, 2.45) is 0 Å². The molecule has 0 saturated carbocycles. The minimum atomic E-state index is -0.215. The Labute approximate surface area is 175 Å². The van der Waals surface area contributed by atoms with E-state index < -0.39 is 0 Å². The van der Waals surface area contributed by atoms with E-state index in [0.29, 0.717) is 28.1 Å². The van der Waals surface area contributed by atoms with E-state index in [1.54, 1.807) is 36.4 Å². The van der Waals surface area contributed by atoms with E-state index in [2.05, 4.69) is 10.2 Å². The van der Waals surface area contributed by atoms with Gasteiger partial charge >= 0.3 is 0 Å². The molecule has 0 saturated heterocycles. The number of halogens is 1. The van der Waals surface area contributed by atoms with Crippen molar-refractivity contribution in [3.8, 4) is 0 Å². The number of carbonyl (C=O) groups excluding carboxylic acids is 2. The summed E-state index contributed by atoms with van der Waals surface area (Å²) < 4.78 is 0. The second-order valence-corrected chi connectivity index (χ2v) is 7.18. The predicted molar refractivity (Wildman–Crippen MR) is 119 cm³/mol. The Morgan fingerprint density at radius 2 is 1.38 bits per heavy atom. The van der Waals surface area contributed by atoms with Gasteiger partial charge in [-0.05, 0) is 37.9 Å². The molecular weight excluding hydrogens is 386 g/mol. The van der Waals surface area contributed by atoms with E-state index in [4.69, 9.17) is 5.73 Å². The van der Waals surface area contributed by atoms with E-state index in [1.807, 2.05) is 38.4 Å². The number of fused-ring (bicyclic) bond motifs is 2. The van der Waals surface area contributed by atoms with E-state index in [9.17, 15) is 9.59 Å². The highest BCUT2D eigenvalue weighted by atomic mass is 35.5. The van der Waals surface area contributed by atoms with Crippen molar-refractivity contribution >= 4 is 41.0 Å². The Balaban J connectivity index is 0.00000240. The summed E-state index contributed by atoms with van der Waals surface area (Å²) in [4.78, 5) is 28.3. The summed E-state index contributed by atoms with van der Waals surface area (Å²) in [5, 5.41) is 3.36. The molecular formula is C23H22ClN3O2. The van der Waals surface area contributed by atoms with Crippen molar-refractivity contribution in [1.82, 2.24) is 4.90 Å². The lowest BCUT2D eigenvalue weighted by molar-refractivity contribution is 0.0980. The van der Waals surface area contributed by atoms with Crippen LogP contribution in [0.5, 0.6) is 0 Å². The summed E-state index contributed by atoms with van der Waals surface area (Å²) in [6, 6.07) is 18.2. The standard InChI is InChI=1S/C23H21N3O2.ClH/c1-26(2)13-14-7-3-6-10-18(14)25-19-12-11-17(24)20-21(19)23(28)16-9-5-4-8-15(16)22(20)27;/h3-12,25H,13,24H2,1-2H3;1H. The molecule has 148 valence electrons. The van der Waals surface area contributed by atoms with Crippen LogP contribution in [0.15, 0.2) is 60.7 Å². The maximum atomic E-state index is 13.2. The van der Waals surface area contributed by atoms with Gasteiger partial charge in [-0.1, -0.05) is 42.5 Å². The molecule has 4 rings (SSSR count). The smallest absolute Gasteiger partial charge is 0.196 e. The second-order valence-electron chi connectivity index (χ2n) is 7.18. The Morgan fingerprint density at radius 1 is 0.793 bits per heavy atom. The first-order chi connectivity index (χ1) is 13.5. The Bertz CT molecular complexity index is 1110. The van der Waals surface area contributed by atoms with Gasteiger partial charge in [-0.25, -0.2) is 0 Å². The average molecular weight is 408 g/mol. The van der Waals surface area contributed by atoms with Crippen molar-refractivity contribution in [2.45, 2.75) is 6.54 Å². The molecule has 3 aromatic carbocycles. The highest BCUT2D eigenvalue weighted by molar-refractivity contribution is 6.31. The predicted octanol–water partition coefficient (Wildman–Crippen LogP) is 4.27. The van der Waals surface area contributed by atoms with Gasteiger partial charge in [-0.3, -0.25) is 9.59 Å². The first-order valence-electron chi connectivity index (χ1n) is 9.08. The van der Waals surface area contributed by atoms with Gasteiger partial charge in [-0.15, -0.1) is 12.4 Å². The van der Waals surface area contributed by atoms with E-state index >= 15 is 0 Å². The zero-order valence-corrected chi connectivity index (χ0v) is 17.0. The summed E-state index contributed by atoms with van der Waals surface area (Å²) in [6.45, 7) is 0.746. The summed E-state index contributed by atoms with van der Waals surface area (Å²) in [6.07, 6.45) is 0. The Hall–Kier alpha value is -3.15. The molecule has 29 heavy (non-hydrogen) atoms. The third-order valence-electron chi connectivity index (χ3n) is 4.88. The Kier molecular flexibility index (Phi) is 5.73. The van der Waals surface area contributed by atoms with Gasteiger partial charge in [0, 0.05) is 29.0 Å². The van der Waals surface area contributed by atoms with Gasteiger partial charge < -0.3 is 16.0 Å². The normalized spacial score (nSPS) is 12.2. The van der Waals surface area contributed by atoms with Crippen LogP contribution in [0.2, 0.25) is 0 Å². The van der Waals surface area contributed by atoms with Crippen LogP contribution < -0.4 is 11.1 Å². The van der Waals surface area contributed by atoms with Crippen LogP contribution in [0.3, 0.4) is 0 Å². The van der Waals surface area contributed by atoms with Crippen LogP contribution in [0, 0.1) is 0 Å². The quantitative estimate of drug-likeness (QED) is 0.494. The lowest BCUT2D eigenvalue weighted by Gasteiger charge is -2.23. The number of para-hydroxylation sites is 1. The first-order valence-corrected chi connectivity index (χ1v) is 9.08. The van der Waals surface area contributed by atoms with Crippen LogP contribution in [-0.4, -0.2) is 30.6 Å². The molecule has 0 amide bonds. The number of hydrogen-bond donors (Lipinski definition) is 2. The van der Waals surface area contributed by atoms with E-state index in [0.717, 1.165) is 17.8 Å². The van der Waals surface area contributed by atoms with Gasteiger partial charge in [0.05, 0.1) is 16.8 Å². The molecule has 6 heteroatoms. The third-order valence-corrected chi connectivity index (χ3v) is 4.88. The van der Waals surface area contributed by atoms with Gasteiger partial charge in [0.1, 0.15) is 0 Å². The van der Waals surface area contributed by atoms with Crippen molar-refractivity contribution in [1.29, 1.82) is 0 Å². The molecule has 0 heterocycles. The minimum absolute atomic E-state index is 0. The molecule has 0 atom stereocenters.